The predicted molar refractivity (Wildman–Crippen MR) is 101 cm³/mol. The fraction of sp³-hybridized carbons (Fsp3) is 0.389. The highest BCUT2D eigenvalue weighted by atomic mass is 32.1. The minimum Gasteiger partial charge on any atom is -0.493 e. The summed E-state index contributed by atoms with van der Waals surface area (Å²) >= 11 is 5.22. The number of ether oxygens (including phenoxy) is 4. The molecule has 27 heavy (non-hydrogen) atoms. The van der Waals surface area contributed by atoms with Crippen LogP contribution in [0.5, 0.6) is 11.5 Å². The summed E-state index contributed by atoms with van der Waals surface area (Å²) in [6.07, 6.45) is 0. The third-order valence-corrected chi connectivity index (χ3v) is 4.08. The van der Waals surface area contributed by atoms with Crippen molar-refractivity contribution >= 4 is 29.3 Å². The summed E-state index contributed by atoms with van der Waals surface area (Å²) in [5.74, 6) is -0.160. The van der Waals surface area contributed by atoms with Gasteiger partial charge in [0, 0.05) is 5.70 Å². The molecule has 2 rings (SSSR count). The van der Waals surface area contributed by atoms with Gasteiger partial charge in [0.2, 0.25) is 0 Å². The van der Waals surface area contributed by atoms with Gasteiger partial charge in [0.1, 0.15) is 0 Å². The van der Waals surface area contributed by atoms with E-state index in [0.717, 1.165) is 5.56 Å². The maximum atomic E-state index is 12.4. The van der Waals surface area contributed by atoms with Crippen molar-refractivity contribution in [3.8, 4) is 11.5 Å². The van der Waals surface area contributed by atoms with Crippen molar-refractivity contribution in [3.05, 3.63) is 35.0 Å². The van der Waals surface area contributed by atoms with Gasteiger partial charge >= 0.3 is 11.9 Å². The number of hydrogen-bond acceptors (Lipinski definition) is 7. The molecule has 0 bridgehead atoms. The second-order valence-electron chi connectivity index (χ2n) is 5.57. The first-order chi connectivity index (χ1) is 12.9. The van der Waals surface area contributed by atoms with Gasteiger partial charge in [-0.1, -0.05) is 6.07 Å². The van der Waals surface area contributed by atoms with Crippen LogP contribution in [-0.2, 0) is 19.1 Å². The lowest BCUT2D eigenvalue weighted by molar-refractivity contribution is -0.143. The Morgan fingerprint density at radius 3 is 2.59 bits per heavy atom. The summed E-state index contributed by atoms with van der Waals surface area (Å²) < 4.78 is 20.5. The van der Waals surface area contributed by atoms with Gasteiger partial charge < -0.3 is 29.6 Å². The number of carbonyl (C=O) groups is 2. The molecule has 9 heteroatoms. The van der Waals surface area contributed by atoms with Gasteiger partial charge in [-0.3, -0.25) is 0 Å². The average Bonchev–Trinajstić information content (AvgIpc) is 2.65. The second-order valence-corrected chi connectivity index (χ2v) is 5.97. The lowest BCUT2D eigenvalue weighted by Gasteiger charge is -2.30. The summed E-state index contributed by atoms with van der Waals surface area (Å²) in [6.45, 7) is 3.52. The van der Waals surface area contributed by atoms with Gasteiger partial charge in [-0.2, -0.15) is 0 Å². The van der Waals surface area contributed by atoms with Crippen LogP contribution in [0.3, 0.4) is 0 Å². The molecule has 1 aromatic carbocycles. The van der Waals surface area contributed by atoms with Gasteiger partial charge in [-0.15, -0.1) is 0 Å². The molecule has 0 aromatic heterocycles. The molecule has 0 aliphatic carbocycles. The van der Waals surface area contributed by atoms with E-state index in [0.29, 0.717) is 27.9 Å². The first-order valence-corrected chi connectivity index (χ1v) is 8.65. The van der Waals surface area contributed by atoms with E-state index in [1.165, 1.54) is 14.2 Å². The fourth-order valence-electron chi connectivity index (χ4n) is 2.60. The number of esters is 2. The normalized spacial score (nSPS) is 16.1. The van der Waals surface area contributed by atoms with E-state index in [1.54, 1.807) is 32.0 Å². The van der Waals surface area contributed by atoms with E-state index >= 15 is 0 Å². The Labute approximate surface area is 162 Å². The van der Waals surface area contributed by atoms with Crippen LogP contribution in [0.2, 0.25) is 0 Å². The van der Waals surface area contributed by atoms with E-state index in [1.807, 2.05) is 0 Å². The Kier molecular flexibility index (Phi) is 7.00. The molecule has 0 amide bonds. The van der Waals surface area contributed by atoms with Crippen molar-refractivity contribution in [1.29, 1.82) is 0 Å². The number of methoxy groups -OCH3 is 2. The minimum atomic E-state index is -0.513. The highest BCUT2D eigenvalue weighted by Crippen LogP contribution is 2.34. The maximum Gasteiger partial charge on any atom is 0.343 e. The Morgan fingerprint density at radius 2 is 1.96 bits per heavy atom. The summed E-state index contributed by atoms with van der Waals surface area (Å²) in [4.78, 5) is 23.7. The van der Waals surface area contributed by atoms with E-state index < -0.39 is 18.0 Å². The molecule has 0 spiro atoms. The first-order valence-electron chi connectivity index (χ1n) is 8.24. The maximum absolute atomic E-state index is 12.4. The number of allylic oxidation sites excluding steroid dienone is 1. The SMILES string of the molecule is CCOC(=O)C1=C(C)NC(=S)NC1c1ccc(OCC(=O)OC)c(OC)c1. The van der Waals surface area contributed by atoms with Gasteiger partial charge in [-0.25, -0.2) is 9.59 Å². The van der Waals surface area contributed by atoms with Crippen molar-refractivity contribution in [2.75, 3.05) is 27.4 Å². The largest absolute Gasteiger partial charge is 0.493 e. The van der Waals surface area contributed by atoms with Crippen molar-refractivity contribution in [3.63, 3.8) is 0 Å². The quantitative estimate of drug-likeness (QED) is 0.528. The monoisotopic (exact) mass is 394 g/mol. The molecule has 0 saturated heterocycles. The number of benzene rings is 1. The number of carbonyl (C=O) groups excluding carboxylic acids is 2. The molecule has 1 unspecified atom stereocenters. The van der Waals surface area contributed by atoms with Crippen molar-refractivity contribution in [2.45, 2.75) is 19.9 Å². The van der Waals surface area contributed by atoms with Crippen LogP contribution in [0, 0.1) is 0 Å². The zero-order valence-corrected chi connectivity index (χ0v) is 16.4. The Hall–Kier alpha value is -2.81. The van der Waals surface area contributed by atoms with Gasteiger partial charge in [0.25, 0.3) is 0 Å². The van der Waals surface area contributed by atoms with Gasteiger partial charge in [-0.05, 0) is 43.8 Å². The Bertz CT molecular complexity index is 777. The van der Waals surface area contributed by atoms with E-state index in [-0.39, 0.29) is 13.2 Å². The molecule has 0 radical (unpaired) electrons. The summed E-state index contributed by atoms with van der Waals surface area (Å²) in [6, 6.07) is 4.61. The standard InChI is InChI=1S/C18H22N2O6S/c1-5-25-17(22)15-10(2)19-18(27)20-16(15)11-6-7-12(13(8-11)23-3)26-9-14(21)24-4/h6-8,16H,5,9H2,1-4H3,(H2,19,20,27). The number of thiocarbonyl (C=S) groups is 1. The molecule has 1 atom stereocenters. The topological polar surface area (TPSA) is 95.1 Å². The molecule has 2 N–H and O–H groups in total. The highest BCUT2D eigenvalue weighted by molar-refractivity contribution is 7.80. The highest BCUT2D eigenvalue weighted by Gasteiger charge is 2.31. The molecule has 1 aromatic rings. The smallest absolute Gasteiger partial charge is 0.343 e. The average molecular weight is 394 g/mol. The van der Waals surface area contributed by atoms with Gasteiger partial charge in [0.15, 0.2) is 23.2 Å². The Morgan fingerprint density at radius 1 is 1.22 bits per heavy atom. The molecule has 1 aliphatic heterocycles. The Balaban J connectivity index is 2.36. The van der Waals surface area contributed by atoms with Crippen LogP contribution in [0.4, 0.5) is 0 Å². The molecular weight excluding hydrogens is 372 g/mol. The van der Waals surface area contributed by atoms with Crippen LogP contribution in [0.15, 0.2) is 29.5 Å². The number of hydrogen-bond donors (Lipinski definition) is 2. The molecule has 1 heterocycles. The molecule has 0 saturated carbocycles. The van der Waals surface area contributed by atoms with Crippen molar-refractivity contribution in [1.82, 2.24) is 10.6 Å². The predicted octanol–water partition coefficient (Wildman–Crippen LogP) is 1.60. The zero-order chi connectivity index (χ0) is 20.0. The zero-order valence-electron chi connectivity index (χ0n) is 15.6. The minimum absolute atomic E-state index is 0.241. The third kappa shape index (κ3) is 4.88. The van der Waals surface area contributed by atoms with Crippen LogP contribution >= 0.6 is 12.2 Å². The summed E-state index contributed by atoms with van der Waals surface area (Å²) in [5, 5.41) is 6.41. The van der Waals surface area contributed by atoms with Crippen LogP contribution in [0.1, 0.15) is 25.5 Å². The first kappa shape index (κ1) is 20.5. The molecular formula is C18H22N2O6S. The molecule has 8 nitrogen and oxygen atoms in total. The summed E-state index contributed by atoms with van der Waals surface area (Å²) in [5.41, 5.74) is 1.77. The van der Waals surface area contributed by atoms with Crippen LogP contribution in [0.25, 0.3) is 0 Å². The van der Waals surface area contributed by atoms with Crippen molar-refractivity contribution in [2.24, 2.45) is 0 Å². The molecule has 146 valence electrons. The third-order valence-electron chi connectivity index (χ3n) is 3.86. The van der Waals surface area contributed by atoms with Crippen molar-refractivity contribution < 1.29 is 28.5 Å². The number of nitrogens with one attached hydrogen (secondary N) is 2. The lowest BCUT2D eigenvalue weighted by atomic mass is 9.95. The van der Waals surface area contributed by atoms with E-state index in [9.17, 15) is 9.59 Å². The second kappa shape index (κ2) is 9.22. The van der Waals surface area contributed by atoms with E-state index in [4.69, 9.17) is 26.4 Å². The van der Waals surface area contributed by atoms with Crippen LogP contribution < -0.4 is 20.1 Å². The number of rotatable bonds is 7. The van der Waals surface area contributed by atoms with Crippen LogP contribution in [-0.4, -0.2) is 44.5 Å². The molecule has 0 fully saturated rings. The summed E-state index contributed by atoms with van der Waals surface area (Å²) in [7, 11) is 2.77. The fourth-order valence-corrected chi connectivity index (χ4v) is 2.87. The molecule has 1 aliphatic rings. The van der Waals surface area contributed by atoms with Gasteiger partial charge in [0.05, 0.1) is 32.4 Å². The lowest BCUT2D eigenvalue weighted by Crippen LogP contribution is -2.45. The van der Waals surface area contributed by atoms with E-state index in [2.05, 4.69) is 15.4 Å².